The molecule has 2 rings (SSSR count). The molecule has 0 aromatic heterocycles. The Morgan fingerprint density at radius 2 is 2.46 bits per heavy atom. The van der Waals surface area contributed by atoms with Crippen LogP contribution in [0.1, 0.15) is 26.2 Å². The summed E-state index contributed by atoms with van der Waals surface area (Å²) >= 11 is 2.08. The highest BCUT2D eigenvalue weighted by Crippen LogP contribution is 2.40. The molecule has 0 saturated carbocycles. The van der Waals surface area contributed by atoms with Crippen molar-refractivity contribution >= 4 is 11.8 Å². The molecule has 76 valence electrons. The Labute approximate surface area is 85.2 Å². The maximum Gasteiger partial charge on any atom is 0.0458 e. The van der Waals surface area contributed by atoms with Crippen molar-refractivity contribution in [3.63, 3.8) is 0 Å². The maximum atomic E-state index is 6.24. The fourth-order valence-corrected chi connectivity index (χ4v) is 4.27. The van der Waals surface area contributed by atoms with Gasteiger partial charge in [0.15, 0.2) is 0 Å². The molecule has 2 unspecified atom stereocenters. The van der Waals surface area contributed by atoms with Crippen LogP contribution in [0.2, 0.25) is 0 Å². The van der Waals surface area contributed by atoms with Gasteiger partial charge in [0.2, 0.25) is 0 Å². The van der Waals surface area contributed by atoms with Gasteiger partial charge in [0, 0.05) is 23.9 Å². The molecule has 0 aliphatic carbocycles. The Morgan fingerprint density at radius 1 is 1.62 bits per heavy atom. The third-order valence-electron chi connectivity index (χ3n) is 3.55. The largest absolute Gasteiger partial charge is 0.326 e. The fourth-order valence-electron chi connectivity index (χ4n) is 2.74. The number of nitrogens with zero attached hydrogens (tertiary/aromatic N) is 1. The van der Waals surface area contributed by atoms with Crippen LogP contribution in [-0.2, 0) is 0 Å². The predicted octanol–water partition coefficient (Wildman–Crippen LogP) is 1.31. The molecule has 13 heavy (non-hydrogen) atoms. The van der Waals surface area contributed by atoms with E-state index in [2.05, 4.69) is 23.6 Å². The SMILES string of the molecule is CCCN1CCC(N)C12CCSC2. The van der Waals surface area contributed by atoms with Gasteiger partial charge in [0.05, 0.1) is 0 Å². The Hall–Kier alpha value is 0.270. The number of nitrogens with two attached hydrogens (primary N) is 1. The normalized spacial score (nSPS) is 40.6. The number of hydrogen-bond acceptors (Lipinski definition) is 3. The lowest BCUT2D eigenvalue weighted by Gasteiger charge is -2.37. The van der Waals surface area contributed by atoms with Crippen LogP contribution < -0.4 is 5.73 Å². The van der Waals surface area contributed by atoms with Gasteiger partial charge in [-0.05, 0) is 31.6 Å². The lowest BCUT2D eigenvalue weighted by atomic mass is 9.91. The minimum atomic E-state index is 0.390. The van der Waals surface area contributed by atoms with E-state index >= 15 is 0 Å². The molecule has 2 fully saturated rings. The summed E-state index contributed by atoms with van der Waals surface area (Å²) in [6.45, 7) is 4.74. The summed E-state index contributed by atoms with van der Waals surface area (Å²) in [5, 5.41) is 0. The smallest absolute Gasteiger partial charge is 0.0458 e. The third kappa shape index (κ3) is 1.51. The lowest BCUT2D eigenvalue weighted by Crippen LogP contribution is -2.54. The second-order valence-electron chi connectivity index (χ2n) is 4.29. The number of hydrogen-bond donors (Lipinski definition) is 1. The standard InChI is InChI=1S/C10H20N2S/c1-2-5-12-6-3-9(11)10(12)4-7-13-8-10/h9H,2-8,11H2,1H3. The van der Waals surface area contributed by atoms with Crippen LogP contribution in [0.3, 0.4) is 0 Å². The van der Waals surface area contributed by atoms with Gasteiger partial charge in [0.1, 0.15) is 0 Å². The molecular weight excluding hydrogens is 180 g/mol. The van der Waals surface area contributed by atoms with E-state index in [0.717, 1.165) is 0 Å². The highest BCUT2D eigenvalue weighted by Gasteiger charge is 2.48. The van der Waals surface area contributed by atoms with Crippen molar-refractivity contribution in [1.29, 1.82) is 0 Å². The molecule has 2 aliphatic rings. The molecule has 2 saturated heterocycles. The van der Waals surface area contributed by atoms with Crippen molar-refractivity contribution in [3.8, 4) is 0 Å². The van der Waals surface area contributed by atoms with Crippen LogP contribution in [0, 0.1) is 0 Å². The summed E-state index contributed by atoms with van der Waals surface area (Å²) < 4.78 is 0. The zero-order chi connectivity index (χ0) is 9.31. The maximum absolute atomic E-state index is 6.24. The Balaban J connectivity index is 2.10. The molecule has 0 bridgehead atoms. The molecule has 2 heterocycles. The van der Waals surface area contributed by atoms with E-state index in [4.69, 9.17) is 5.73 Å². The molecule has 2 nitrogen and oxygen atoms in total. The number of likely N-dealkylation sites (tertiary alicyclic amines) is 1. The van der Waals surface area contributed by atoms with E-state index in [0.29, 0.717) is 11.6 Å². The quantitative estimate of drug-likeness (QED) is 0.728. The Morgan fingerprint density at radius 3 is 3.08 bits per heavy atom. The predicted molar refractivity (Wildman–Crippen MR) is 59.1 cm³/mol. The summed E-state index contributed by atoms with van der Waals surface area (Å²) in [5.41, 5.74) is 6.63. The second-order valence-corrected chi connectivity index (χ2v) is 5.39. The fraction of sp³-hybridized carbons (Fsp3) is 1.00. The van der Waals surface area contributed by atoms with E-state index in [1.807, 2.05) is 0 Å². The van der Waals surface area contributed by atoms with Crippen LogP contribution in [0.5, 0.6) is 0 Å². The highest BCUT2D eigenvalue weighted by molar-refractivity contribution is 7.99. The molecule has 1 spiro atoms. The molecular formula is C10H20N2S. The van der Waals surface area contributed by atoms with Crippen molar-refractivity contribution in [1.82, 2.24) is 4.90 Å². The van der Waals surface area contributed by atoms with E-state index < -0.39 is 0 Å². The molecule has 0 amide bonds. The molecule has 0 aromatic carbocycles. The molecule has 2 N–H and O–H groups in total. The van der Waals surface area contributed by atoms with E-state index in [1.54, 1.807) is 0 Å². The zero-order valence-electron chi connectivity index (χ0n) is 8.46. The van der Waals surface area contributed by atoms with E-state index in [9.17, 15) is 0 Å². The first-order valence-electron chi connectivity index (χ1n) is 5.38. The molecule has 0 radical (unpaired) electrons. The summed E-state index contributed by atoms with van der Waals surface area (Å²) in [5.74, 6) is 2.59. The average molecular weight is 200 g/mol. The monoisotopic (exact) mass is 200 g/mol. The average Bonchev–Trinajstić information content (AvgIpc) is 2.70. The van der Waals surface area contributed by atoms with Crippen molar-refractivity contribution in [3.05, 3.63) is 0 Å². The first-order chi connectivity index (χ1) is 6.29. The van der Waals surface area contributed by atoms with Crippen LogP contribution in [0.25, 0.3) is 0 Å². The van der Waals surface area contributed by atoms with Gasteiger partial charge in [-0.25, -0.2) is 0 Å². The van der Waals surface area contributed by atoms with Gasteiger partial charge in [-0.2, -0.15) is 11.8 Å². The van der Waals surface area contributed by atoms with Gasteiger partial charge >= 0.3 is 0 Å². The van der Waals surface area contributed by atoms with Crippen molar-refractivity contribution in [2.75, 3.05) is 24.6 Å². The van der Waals surface area contributed by atoms with Gasteiger partial charge in [-0.1, -0.05) is 6.92 Å². The van der Waals surface area contributed by atoms with E-state index in [1.165, 1.54) is 43.9 Å². The number of rotatable bonds is 2. The molecule has 3 heteroatoms. The lowest BCUT2D eigenvalue weighted by molar-refractivity contribution is 0.150. The Kier molecular flexibility index (Phi) is 2.86. The van der Waals surface area contributed by atoms with Gasteiger partial charge in [0.25, 0.3) is 0 Å². The van der Waals surface area contributed by atoms with Gasteiger partial charge in [-0.15, -0.1) is 0 Å². The summed E-state index contributed by atoms with van der Waals surface area (Å²) in [4.78, 5) is 2.65. The molecule has 2 atom stereocenters. The van der Waals surface area contributed by atoms with Crippen molar-refractivity contribution in [2.24, 2.45) is 5.73 Å². The first-order valence-corrected chi connectivity index (χ1v) is 6.53. The summed E-state index contributed by atoms with van der Waals surface area (Å²) in [6.07, 6.45) is 3.79. The Bertz CT molecular complexity index is 176. The molecule has 2 aliphatic heterocycles. The van der Waals surface area contributed by atoms with Crippen LogP contribution >= 0.6 is 11.8 Å². The topological polar surface area (TPSA) is 29.3 Å². The highest BCUT2D eigenvalue weighted by atomic mass is 32.2. The number of thioether (sulfide) groups is 1. The minimum absolute atomic E-state index is 0.390. The minimum Gasteiger partial charge on any atom is -0.326 e. The summed E-state index contributed by atoms with van der Waals surface area (Å²) in [6, 6.07) is 0.439. The third-order valence-corrected chi connectivity index (χ3v) is 4.75. The van der Waals surface area contributed by atoms with Crippen LogP contribution in [0.15, 0.2) is 0 Å². The zero-order valence-corrected chi connectivity index (χ0v) is 9.28. The second kappa shape index (κ2) is 3.79. The van der Waals surface area contributed by atoms with Crippen molar-refractivity contribution in [2.45, 2.75) is 37.8 Å². The first kappa shape index (κ1) is 9.81. The van der Waals surface area contributed by atoms with Crippen LogP contribution in [0.4, 0.5) is 0 Å². The van der Waals surface area contributed by atoms with Gasteiger partial charge < -0.3 is 5.73 Å². The van der Waals surface area contributed by atoms with Gasteiger partial charge in [-0.3, -0.25) is 4.90 Å². The molecule has 0 aromatic rings. The van der Waals surface area contributed by atoms with Crippen molar-refractivity contribution < 1.29 is 0 Å². The summed E-state index contributed by atoms with van der Waals surface area (Å²) in [7, 11) is 0. The van der Waals surface area contributed by atoms with Crippen LogP contribution in [-0.4, -0.2) is 41.1 Å². The van der Waals surface area contributed by atoms with E-state index in [-0.39, 0.29) is 0 Å².